The number of carbonyl (C=O) groups excluding carboxylic acids is 1. The summed E-state index contributed by atoms with van der Waals surface area (Å²) in [5.41, 5.74) is 9.70. The van der Waals surface area contributed by atoms with Gasteiger partial charge in [-0.1, -0.05) is 35.9 Å². The summed E-state index contributed by atoms with van der Waals surface area (Å²) in [7, 11) is 0. The number of amides is 2. The van der Waals surface area contributed by atoms with Gasteiger partial charge in [-0.2, -0.15) is 5.10 Å². The molecule has 0 bridgehead atoms. The highest BCUT2D eigenvalue weighted by Gasteiger charge is 2.10. The standard InChI is InChI=1S/C17H19N5O/c1-11-3-2-4-12(9-11)13-5-6-14-15(10-13)21-22-16(14)20-17(23)19-8-7-18/h2-6,9-10H,7-8,18H2,1H3,(H3,19,20,21,22,23). The highest BCUT2D eigenvalue weighted by Crippen LogP contribution is 2.27. The van der Waals surface area contributed by atoms with Crippen molar-refractivity contribution in [3.05, 3.63) is 48.0 Å². The second-order valence-corrected chi connectivity index (χ2v) is 5.37. The molecule has 0 aliphatic heterocycles. The molecular formula is C17H19N5O. The second-order valence-electron chi connectivity index (χ2n) is 5.37. The van der Waals surface area contributed by atoms with E-state index in [1.807, 2.05) is 24.3 Å². The van der Waals surface area contributed by atoms with Crippen LogP contribution in [0.4, 0.5) is 10.6 Å². The number of hydrogen-bond acceptors (Lipinski definition) is 3. The third-order valence-corrected chi connectivity index (χ3v) is 3.58. The van der Waals surface area contributed by atoms with Gasteiger partial charge in [0.2, 0.25) is 0 Å². The van der Waals surface area contributed by atoms with Crippen LogP contribution in [0.3, 0.4) is 0 Å². The van der Waals surface area contributed by atoms with Gasteiger partial charge in [0.1, 0.15) is 0 Å². The number of aromatic amines is 1. The highest BCUT2D eigenvalue weighted by atomic mass is 16.2. The topological polar surface area (TPSA) is 95.8 Å². The van der Waals surface area contributed by atoms with Gasteiger partial charge in [0.25, 0.3) is 0 Å². The minimum atomic E-state index is -0.313. The Kier molecular flexibility index (Phi) is 4.25. The van der Waals surface area contributed by atoms with Gasteiger partial charge >= 0.3 is 6.03 Å². The maximum atomic E-state index is 11.7. The zero-order valence-corrected chi connectivity index (χ0v) is 12.9. The molecule has 0 saturated carbocycles. The number of H-pyrrole nitrogens is 1. The molecule has 0 aliphatic carbocycles. The smallest absolute Gasteiger partial charge is 0.320 e. The Morgan fingerprint density at radius 2 is 2.04 bits per heavy atom. The first kappa shape index (κ1) is 15.1. The molecule has 0 radical (unpaired) electrons. The van der Waals surface area contributed by atoms with Gasteiger partial charge in [-0.05, 0) is 30.2 Å². The van der Waals surface area contributed by atoms with Crippen molar-refractivity contribution in [2.24, 2.45) is 5.73 Å². The van der Waals surface area contributed by atoms with E-state index in [-0.39, 0.29) is 6.03 Å². The van der Waals surface area contributed by atoms with Crippen LogP contribution in [0.25, 0.3) is 22.0 Å². The van der Waals surface area contributed by atoms with Gasteiger partial charge in [0.05, 0.1) is 5.52 Å². The fourth-order valence-electron chi connectivity index (χ4n) is 2.46. The molecule has 0 aliphatic rings. The maximum Gasteiger partial charge on any atom is 0.320 e. The Labute approximate surface area is 134 Å². The van der Waals surface area contributed by atoms with Crippen molar-refractivity contribution in [3.8, 4) is 11.1 Å². The van der Waals surface area contributed by atoms with Crippen molar-refractivity contribution in [2.75, 3.05) is 18.4 Å². The number of carbonyl (C=O) groups is 1. The van der Waals surface area contributed by atoms with Crippen molar-refractivity contribution in [1.82, 2.24) is 15.5 Å². The van der Waals surface area contributed by atoms with Crippen LogP contribution in [0.2, 0.25) is 0 Å². The average molecular weight is 309 g/mol. The van der Waals surface area contributed by atoms with E-state index in [4.69, 9.17) is 5.73 Å². The fourth-order valence-corrected chi connectivity index (χ4v) is 2.46. The molecule has 0 atom stereocenters. The van der Waals surface area contributed by atoms with E-state index in [1.165, 1.54) is 5.56 Å². The number of nitrogens with one attached hydrogen (secondary N) is 3. The summed E-state index contributed by atoms with van der Waals surface area (Å²) in [5.74, 6) is 0.505. The molecule has 5 N–H and O–H groups in total. The summed E-state index contributed by atoms with van der Waals surface area (Å²) in [6, 6.07) is 14.0. The molecule has 6 nitrogen and oxygen atoms in total. The number of aryl methyl sites for hydroxylation is 1. The number of aromatic nitrogens is 2. The van der Waals surface area contributed by atoms with Gasteiger partial charge < -0.3 is 11.1 Å². The number of rotatable bonds is 4. The van der Waals surface area contributed by atoms with Crippen LogP contribution in [0, 0.1) is 6.92 Å². The highest BCUT2D eigenvalue weighted by molar-refractivity contribution is 6.00. The maximum absolute atomic E-state index is 11.7. The van der Waals surface area contributed by atoms with E-state index in [1.54, 1.807) is 0 Å². The SMILES string of the molecule is Cc1cccc(-c2ccc3c(NC(=O)NCCN)n[nH]c3c2)c1. The summed E-state index contributed by atoms with van der Waals surface area (Å²) in [5, 5.41) is 13.4. The summed E-state index contributed by atoms with van der Waals surface area (Å²) >= 11 is 0. The predicted octanol–water partition coefficient (Wildman–Crippen LogP) is 2.62. The van der Waals surface area contributed by atoms with E-state index in [2.05, 4.69) is 46.0 Å². The lowest BCUT2D eigenvalue weighted by Crippen LogP contribution is -2.33. The number of fused-ring (bicyclic) bond motifs is 1. The van der Waals surface area contributed by atoms with Crippen LogP contribution in [0.5, 0.6) is 0 Å². The first-order chi connectivity index (χ1) is 11.2. The van der Waals surface area contributed by atoms with Gasteiger partial charge in [0.15, 0.2) is 5.82 Å². The molecule has 3 rings (SSSR count). The summed E-state index contributed by atoms with van der Waals surface area (Å²) in [6.07, 6.45) is 0. The monoisotopic (exact) mass is 309 g/mol. The van der Waals surface area contributed by atoms with Crippen LogP contribution in [-0.4, -0.2) is 29.3 Å². The van der Waals surface area contributed by atoms with Crippen molar-refractivity contribution in [3.63, 3.8) is 0 Å². The van der Waals surface area contributed by atoms with Gasteiger partial charge in [-0.15, -0.1) is 0 Å². The third kappa shape index (κ3) is 3.32. The largest absolute Gasteiger partial charge is 0.337 e. The normalized spacial score (nSPS) is 10.7. The number of benzene rings is 2. The van der Waals surface area contributed by atoms with Crippen LogP contribution in [0.15, 0.2) is 42.5 Å². The number of anilines is 1. The van der Waals surface area contributed by atoms with Crippen LogP contribution >= 0.6 is 0 Å². The predicted molar refractivity (Wildman–Crippen MR) is 92.3 cm³/mol. The van der Waals surface area contributed by atoms with Crippen molar-refractivity contribution < 1.29 is 4.79 Å². The molecular weight excluding hydrogens is 290 g/mol. The Bertz CT molecular complexity index is 840. The average Bonchev–Trinajstić information content (AvgIpc) is 2.95. The first-order valence-corrected chi connectivity index (χ1v) is 7.47. The minimum absolute atomic E-state index is 0.313. The minimum Gasteiger partial charge on any atom is -0.337 e. The molecule has 118 valence electrons. The first-order valence-electron chi connectivity index (χ1n) is 7.47. The zero-order valence-electron chi connectivity index (χ0n) is 12.9. The second kappa shape index (κ2) is 6.50. The van der Waals surface area contributed by atoms with E-state index < -0.39 is 0 Å². The molecule has 1 heterocycles. The molecule has 3 aromatic rings. The van der Waals surface area contributed by atoms with E-state index in [9.17, 15) is 4.79 Å². The lowest BCUT2D eigenvalue weighted by molar-refractivity contribution is 0.252. The Morgan fingerprint density at radius 1 is 1.22 bits per heavy atom. The number of nitrogens with two attached hydrogens (primary N) is 1. The number of hydrogen-bond donors (Lipinski definition) is 4. The van der Waals surface area contributed by atoms with Gasteiger partial charge in [-0.25, -0.2) is 4.79 Å². The molecule has 0 unspecified atom stereocenters. The van der Waals surface area contributed by atoms with Crippen LogP contribution < -0.4 is 16.4 Å². The molecule has 0 fully saturated rings. The van der Waals surface area contributed by atoms with E-state index in [0.29, 0.717) is 18.9 Å². The van der Waals surface area contributed by atoms with Gasteiger partial charge in [-0.3, -0.25) is 10.4 Å². The molecule has 2 aromatic carbocycles. The zero-order chi connectivity index (χ0) is 16.2. The molecule has 23 heavy (non-hydrogen) atoms. The van der Waals surface area contributed by atoms with Crippen LogP contribution in [0.1, 0.15) is 5.56 Å². The lowest BCUT2D eigenvalue weighted by atomic mass is 10.0. The molecule has 6 heteroatoms. The van der Waals surface area contributed by atoms with Crippen LogP contribution in [-0.2, 0) is 0 Å². The summed E-state index contributed by atoms with van der Waals surface area (Å²) < 4.78 is 0. The van der Waals surface area contributed by atoms with E-state index >= 15 is 0 Å². The Hall–Kier alpha value is -2.86. The van der Waals surface area contributed by atoms with E-state index in [0.717, 1.165) is 22.0 Å². The molecule has 1 aromatic heterocycles. The molecule has 0 saturated heterocycles. The van der Waals surface area contributed by atoms with Gasteiger partial charge in [0, 0.05) is 18.5 Å². The van der Waals surface area contributed by atoms with Crippen molar-refractivity contribution in [2.45, 2.75) is 6.92 Å². The van der Waals surface area contributed by atoms with Crippen molar-refractivity contribution >= 4 is 22.8 Å². The number of nitrogens with zero attached hydrogens (tertiary/aromatic N) is 1. The third-order valence-electron chi connectivity index (χ3n) is 3.58. The number of urea groups is 1. The lowest BCUT2D eigenvalue weighted by Gasteiger charge is -2.05. The Morgan fingerprint density at radius 3 is 2.83 bits per heavy atom. The Balaban J connectivity index is 1.87. The van der Waals surface area contributed by atoms with Crippen molar-refractivity contribution in [1.29, 1.82) is 0 Å². The summed E-state index contributed by atoms with van der Waals surface area (Å²) in [4.78, 5) is 11.7. The molecule has 0 spiro atoms. The molecule has 2 amide bonds. The quantitative estimate of drug-likeness (QED) is 0.596. The fraction of sp³-hybridized carbons (Fsp3) is 0.176. The summed E-state index contributed by atoms with van der Waals surface area (Å²) in [6.45, 7) is 2.89.